The molecular weight excluding hydrogens is 813 g/mol. The van der Waals surface area contributed by atoms with Crippen LogP contribution in [-0.4, -0.2) is 37.9 Å². The van der Waals surface area contributed by atoms with E-state index in [0.29, 0.717) is 25.9 Å². The Morgan fingerprint density at radius 2 is 0.742 bits per heavy atom. The standard InChI is InChI=1S/C61H104O5/c1-4-7-10-13-16-19-22-25-27-29-31-32-34-37-39-42-45-48-51-54-60(62)65-58-59(66-61(63)55-52-49-46-43-40-36-24-21-18-15-12-9-6-3)57-64-56-53-50-47-44-41-38-35-33-30-28-26-23-20-17-14-11-8-5-2/h7,10,12,15-16,19,21,24-25,27,31-32,37,39,45,48,59H,4-6,8-9,11,13-14,17-18,20,22-23,26,28-30,33-36,38,40-44,46-47,49-58H2,1-3H3/b10-7-,15-12-,19-16-,24-21-,27-25-,32-31-,39-37-,48-45-. The molecule has 0 spiro atoms. The molecule has 5 nitrogen and oxygen atoms in total. The largest absolute Gasteiger partial charge is 0.462 e. The zero-order chi connectivity index (χ0) is 47.7. The Morgan fingerprint density at radius 1 is 0.348 bits per heavy atom. The summed E-state index contributed by atoms with van der Waals surface area (Å²) < 4.78 is 17.4. The van der Waals surface area contributed by atoms with Crippen molar-refractivity contribution in [2.24, 2.45) is 0 Å². The summed E-state index contributed by atoms with van der Waals surface area (Å²) in [6.07, 6.45) is 75.8. The smallest absolute Gasteiger partial charge is 0.306 e. The Labute approximate surface area is 409 Å². The van der Waals surface area contributed by atoms with Gasteiger partial charge >= 0.3 is 11.9 Å². The molecular formula is C61H104O5. The summed E-state index contributed by atoms with van der Waals surface area (Å²) in [5.74, 6) is -0.508. The normalized spacial score (nSPS) is 13.0. The van der Waals surface area contributed by atoms with Gasteiger partial charge in [-0.15, -0.1) is 0 Å². The van der Waals surface area contributed by atoms with E-state index in [2.05, 4.69) is 112 Å². The molecule has 0 aliphatic heterocycles. The molecule has 0 aliphatic rings. The summed E-state index contributed by atoms with van der Waals surface area (Å²) in [7, 11) is 0. The molecule has 0 bridgehead atoms. The second kappa shape index (κ2) is 56.1. The Balaban J connectivity index is 4.37. The van der Waals surface area contributed by atoms with Crippen molar-refractivity contribution < 1.29 is 23.8 Å². The van der Waals surface area contributed by atoms with Gasteiger partial charge in [-0.05, 0) is 83.5 Å². The van der Waals surface area contributed by atoms with Gasteiger partial charge in [-0.1, -0.05) is 253 Å². The number of rotatable bonds is 50. The molecule has 1 atom stereocenters. The first-order valence-corrected chi connectivity index (χ1v) is 27.8. The van der Waals surface area contributed by atoms with Gasteiger partial charge in [0.05, 0.1) is 6.61 Å². The van der Waals surface area contributed by atoms with E-state index in [-0.39, 0.29) is 25.2 Å². The van der Waals surface area contributed by atoms with Crippen LogP contribution in [-0.2, 0) is 23.8 Å². The third-order valence-corrected chi connectivity index (χ3v) is 11.6. The third kappa shape index (κ3) is 53.4. The number of hydrogen-bond donors (Lipinski definition) is 0. The van der Waals surface area contributed by atoms with Crippen molar-refractivity contribution in [3.63, 3.8) is 0 Å². The van der Waals surface area contributed by atoms with Gasteiger partial charge in [-0.25, -0.2) is 0 Å². The average Bonchev–Trinajstić information content (AvgIpc) is 3.32. The maximum absolute atomic E-state index is 12.8. The van der Waals surface area contributed by atoms with Crippen molar-refractivity contribution in [3.8, 4) is 0 Å². The van der Waals surface area contributed by atoms with Crippen LogP contribution < -0.4 is 0 Å². The number of ether oxygens (including phenoxy) is 3. The van der Waals surface area contributed by atoms with Gasteiger partial charge in [-0.3, -0.25) is 9.59 Å². The highest BCUT2D eigenvalue weighted by Crippen LogP contribution is 2.15. The number of allylic oxidation sites excluding steroid dienone is 16. The first-order chi connectivity index (χ1) is 32.6. The van der Waals surface area contributed by atoms with Crippen molar-refractivity contribution in [2.75, 3.05) is 19.8 Å². The molecule has 66 heavy (non-hydrogen) atoms. The first-order valence-electron chi connectivity index (χ1n) is 27.8. The zero-order valence-corrected chi connectivity index (χ0v) is 43.4. The first kappa shape index (κ1) is 62.8. The average molecular weight is 917 g/mol. The van der Waals surface area contributed by atoms with E-state index < -0.39 is 6.10 Å². The molecule has 0 aliphatic carbocycles. The monoisotopic (exact) mass is 917 g/mol. The van der Waals surface area contributed by atoms with Gasteiger partial charge in [0.1, 0.15) is 6.61 Å². The van der Waals surface area contributed by atoms with Gasteiger partial charge in [0, 0.05) is 19.4 Å². The molecule has 0 amide bonds. The minimum Gasteiger partial charge on any atom is -0.462 e. The van der Waals surface area contributed by atoms with Crippen LogP contribution in [0.25, 0.3) is 0 Å². The number of carbonyl (C=O) groups excluding carboxylic acids is 2. The Hall–Kier alpha value is -3.18. The van der Waals surface area contributed by atoms with Crippen LogP contribution in [0.3, 0.4) is 0 Å². The maximum atomic E-state index is 12.8. The summed E-state index contributed by atoms with van der Waals surface area (Å²) in [4.78, 5) is 25.4. The molecule has 5 heteroatoms. The third-order valence-electron chi connectivity index (χ3n) is 11.6. The fourth-order valence-electron chi connectivity index (χ4n) is 7.52. The van der Waals surface area contributed by atoms with Crippen LogP contribution >= 0.6 is 0 Å². The van der Waals surface area contributed by atoms with Gasteiger partial charge in [-0.2, -0.15) is 0 Å². The molecule has 0 N–H and O–H groups in total. The second-order valence-corrected chi connectivity index (χ2v) is 18.1. The molecule has 0 rings (SSSR count). The van der Waals surface area contributed by atoms with Crippen molar-refractivity contribution in [2.45, 2.75) is 258 Å². The highest BCUT2D eigenvalue weighted by molar-refractivity contribution is 5.70. The summed E-state index contributed by atoms with van der Waals surface area (Å²) >= 11 is 0. The predicted molar refractivity (Wildman–Crippen MR) is 288 cm³/mol. The molecule has 0 radical (unpaired) electrons. The van der Waals surface area contributed by atoms with Gasteiger partial charge in [0.25, 0.3) is 0 Å². The van der Waals surface area contributed by atoms with Crippen LogP contribution in [0.5, 0.6) is 0 Å². The lowest BCUT2D eigenvalue weighted by atomic mass is 10.0. The lowest BCUT2D eigenvalue weighted by Gasteiger charge is -2.18. The van der Waals surface area contributed by atoms with Gasteiger partial charge in [0.2, 0.25) is 0 Å². The summed E-state index contributed by atoms with van der Waals surface area (Å²) in [6, 6.07) is 0. The van der Waals surface area contributed by atoms with E-state index in [4.69, 9.17) is 14.2 Å². The van der Waals surface area contributed by atoms with E-state index in [0.717, 1.165) is 89.9 Å². The van der Waals surface area contributed by atoms with Gasteiger partial charge in [0.15, 0.2) is 6.10 Å². The molecule has 0 aromatic rings. The second-order valence-electron chi connectivity index (χ2n) is 18.1. The quantitative estimate of drug-likeness (QED) is 0.0346. The number of hydrogen-bond acceptors (Lipinski definition) is 5. The summed E-state index contributed by atoms with van der Waals surface area (Å²) in [5.41, 5.74) is 0. The van der Waals surface area contributed by atoms with E-state index in [1.54, 1.807) is 0 Å². The minimum absolute atomic E-state index is 0.0371. The molecule has 1 unspecified atom stereocenters. The van der Waals surface area contributed by atoms with E-state index in [1.807, 2.05) is 6.08 Å². The summed E-state index contributed by atoms with van der Waals surface area (Å²) in [6.45, 7) is 7.58. The van der Waals surface area contributed by atoms with E-state index in [9.17, 15) is 9.59 Å². The van der Waals surface area contributed by atoms with E-state index in [1.165, 1.54) is 122 Å². The number of unbranched alkanes of at least 4 members (excludes halogenated alkanes) is 23. The Kier molecular flexibility index (Phi) is 53.4. The number of esters is 2. The molecule has 0 saturated carbocycles. The topological polar surface area (TPSA) is 61.8 Å². The molecule has 0 heterocycles. The van der Waals surface area contributed by atoms with Crippen molar-refractivity contribution in [1.82, 2.24) is 0 Å². The fourth-order valence-corrected chi connectivity index (χ4v) is 7.52. The minimum atomic E-state index is -0.577. The van der Waals surface area contributed by atoms with Crippen molar-refractivity contribution >= 4 is 11.9 Å². The Morgan fingerprint density at radius 3 is 1.21 bits per heavy atom. The van der Waals surface area contributed by atoms with Crippen LogP contribution in [0.4, 0.5) is 0 Å². The molecule has 378 valence electrons. The lowest BCUT2D eigenvalue weighted by Crippen LogP contribution is -2.30. The van der Waals surface area contributed by atoms with Crippen LogP contribution in [0, 0.1) is 0 Å². The van der Waals surface area contributed by atoms with Crippen LogP contribution in [0.2, 0.25) is 0 Å². The highest BCUT2D eigenvalue weighted by atomic mass is 16.6. The zero-order valence-electron chi connectivity index (χ0n) is 43.4. The SMILES string of the molecule is CC/C=C\C/C=C\C/C=C\C/C=C\C/C=C\C/C=C\CCC(=O)OCC(COCCCCCCCCCCCCCCCCCCCC)OC(=O)CCCCCCC/C=C\C/C=C\CCC. The van der Waals surface area contributed by atoms with Crippen LogP contribution in [0.15, 0.2) is 97.2 Å². The molecule has 0 saturated heterocycles. The van der Waals surface area contributed by atoms with Gasteiger partial charge < -0.3 is 14.2 Å². The maximum Gasteiger partial charge on any atom is 0.306 e. The lowest BCUT2D eigenvalue weighted by molar-refractivity contribution is -0.162. The molecule has 0 fully saturated rings. The highest BCUT2D eigenvalue weighted by Gasteiger charge is 2.17. The van der Waals surface area contributed by atoms with Crippen LogP contribution in [0.1, 0.15) is 252 Å². The Bertz CT molecular complexity index is 1270. The van der Waals surface area contributed by atoms with Crippen molar-refractivity contribution in [3.05, 3.63) is 97.2 Å². The summed E-state index contributed by atoms with van der Waals surface area (Å²) in [5, 5.41) is 0. The molecule has 0 aromatic heterocycles. The number of carbonyl (C=O) groups is 2. The predicted octanol–water partition coefficient (Wildman–Crippen LogP) is 19.0. The fraction of sp³-hybridized carbons (Fsp3) is 0.705. The molecule has 0 aromatic carbocycles. The van der Waals surface area contributed by atoms with Crippen molar-refractivity contribution in [1.29, 1.82) is 0 Å². The van der Waals surface area contributed by atoms with E-state index >= 15 is 0 Å².